The lowest BCUT2D eigenvalue weighted by Crippen LogP contribution is -2.31. The Labute approximate surface area is 219 Å². The van der Waals surface area contributed by atoms with E-state index in [1.165, 1.54) is 25.3 Å². The van der Waals surface area contributed by atoms with Gasteiger partial charge in [0.05, 0.1) is 47.4 Å². The number of rotatable bonds is 10. The van der Waals surface area contributed by atoms with Gasteiger partial charge in [0.1, 0.15) is 5.75 Å². The van der Waals surface area contributed by atoms with Gasteiger partial charge in [-0.15, -0.1) is 0 Å². The van der Waals surface area contributed by atoms with Crippen LogP contribution in [0.2, 0.25) is 0 Å². The molecular formula is C25H28FN7O4S. The highest BCUT2D eigenvalue weighted by molar-refractivity contribution is 7.89. The molecule has 4 aromatic rings. The third kappa shape index (κ3) is 5.26. The predicted molar refractivity (Wildman–Crippen MR) is 141 cm³/mol. The van der Waals surface area contributed by atoms with Crippen molar-refractivity contribution in [1.82, 2.24) is 24.9 Å². The van der Waals surface area contributed by atoms with Crippen molar-refractivity contribution in [2.24, 2.45) is 0 Å². The van der Waals surface area contributed by atoms with E-state index in [1.54, 1.807) is 11.1 Å². The van der Waals surface area contributed by atoms with Crippen molar-refractivity contribution in [2.45, 2.75) is 30.8 Å². The average Bonchev–Trinajstić information content (AvgIpc) is 3.62. The molecule has 1 fully saturated rings. The van der Waals surface area contributed by atoms with Crippen LogP contribution in [0.4, 0.5) is 27.5 Å². The number of methoxy groups -OCH3 is 1. The van der Waals surface area contributed by atoms with Gasteiger partial charge >= 0.3 is 0 Å². The fourth-order valence-electron chi connectivity index (χ4n) is 4.39. The molecule has 0 saturated carbocycles. The molecule has 0 radical (unpaired) electrons. The van der Waals surface area contributed by atoms with Gasteiger partial charge < -0.3 is 19.7 Å². The van der Waals surface area contributed by atoms with Crippen molar-refractivity contribution in [1.29, 1.82) is 0 Å². The number of sulfonamides is 1. The van der Waals surface area contributed by atoms with Crippen LogP contribution in [0, 0.1) is 5.82 Å². The highest BCUT2D eigenvalue weighted by atomic mass is 32.2. The highest BCUT2D eigenvalue weighted by Gasteiger charge is 2.22. The first-order valence-corrected chi connectivity index (χ1v) is 13.7. The lowest BCUT2D eigenvalue weighted by atomic mass is 10.2. The van der Waals surface area contributed by atoms with Gasteiger partial charge in [0.15, 0.2) is 11.6 Å². The number of hydrogen-bond acceptors (Lipinski definition) is 9. The summed E-state index contributed by atoms with van der Waals surface area (Å²) in [6.45, 7) is 3.13. The lowest BCUT2D eigenvalue weighted by Gasteiger charge is -2.23. The summed E-state index contributed by atoms with van der Waals surface area (Å²) >= 11 is 0. The van der Waals surface area contributed by atoms with E-state index in [0.717, 1.165) is 35.6 Å². The van der Waals surface area contributed by atoms with Gasteiger partial charge in [-0.2, -0.15) is 10.1 Å². The fraction of sp³-hybridized carbons (Fsp3) is 0.320. The van der Waals surface area contributed by atoms with Gasteiger partial charge in [-0.05, 0) is 50.1 Å². The Morgan fingerprint density at radius 2 is 2.13 bits per heavy atom. The van der Waals surface area contributed by atoms with E-state index in [1.807, 2.05) is 25.1 Å². The minimum absolute atomic E-state index is 0.0305. The largest absolute Gasteiger partial charge is 0.495 e. The van der Waals surface area contributed by atoms with Crippen molar-refractivity contribution in [3.05, 3.63) is 54.6 Å². The van der Waals surface area contributed by atoms with Crippen LogP contribution < -0.4 is 19.7 Å². The molecule has 3 heterocycles. The third-order valence-electron chi connectivity index (χ3n) is 6.30. The number of nitrogens with zero attached hydrogens (tertiary/aromatic N) is 4. The summed E-state index contributed by atoms with van der Waals surface area (Å²) in [7, 11) is -2.35. The second kappa shape index (κ2) is 10.9. The van der Waals surface area contributed by atoms with Crippen LogP contribution in [-0.4, -0.2) is 61.5 Å². The Morgan fingerprint density at radius 3 is 2.89 bits per heavy atom. The van der Waals surface area contributed by atoms with E-state index in [0.29, 0.717) is 24.6 Å². The van der Waals surface area contributed by atoms with E-state index in [9.17, 15) is 12.8 Å². The van der Waals surface area contributed by atoms with Gasteiger partial charge in [0, 0.05) is 25.1 Å². The van der Waals surface area contributed by atoms with Gasteiger partial charge in [-0.25, -0.2) is 22.5 Å². The zero-order valence-electron chi connectivity index (χ0n) is 20.9. The Bertz CT molecular complexity index is 1540. The second-order valence-corrected chi connectivity index (χ2v) is 10.5. The van der Waals surface area contributed by atoms with Crippen LogP contribution in [0.5, 0.6) is 5.75 Å². The molecular weight excluding hydrogens is 513 g/mol. The van der Waals surface area contributed by atoms with Crippen LogP contribution >= 0.6 is 0 Å². The number of H-pyrrole nitrogens is 1. The molecule has 2 aromatic heterocycles. The number of aromatic amines is 1. The number of nitrogens with one attached hydrogen (secondary N) is 3. The summed E-state index contributed by atoms with van der Waals surface area (Å²) in [5, 5.41) is 10.8. The average molecular weight is 542 g/mol. The van der Waals surface area contributed by atoms with E-state index in [4.69, 9.17) is 9.47 Å². The first-order valence-electron chi connectivity index (χ1n) is 12.2. The number of ether oxygens (including phenoxy) is 2. The maximum Gasteiger partial charge on any atom is 0.240 e. The summed E-state index contributed by atoms with van der Waals surface area (Å²) in [6.07, 6.45) is 4.33. The number of anilines is 4. The van der Waals surface area contributed by atoms with Crippen LogP contribution in [0.3, 0.4) is 0 Å². The molecule has 0 aliphatic carbocycles. The van der Waals surface area contributed by atoms with E-state index in [2.05, 4.69) is 30.2 Å². The number of benzene rings is 2. The summed E-state index contributed by atoms with van der Waals surface area (Å²) in [4.78, 5) is 10.2. The van der Waals surface area contributed by atoms with Crippen LogP contribution in [0.1, 0.15) is 19.8 Å². The standard InChI is InChI=1S/C25H28FN7O4S/c1-3-33(22-8-4-7-20-18(22)14-28-32-20)24-19(26)15-27-25(31-24)30-21-12-17(9-10-23(21)36-2)38(34,35)29-13-16-6-5-11-37-16/h4,7-10,12,14-16,29H,3,5-6,11,13H2,1-2H3,(H,28,32)(H,27,30,31). The molecule has 1 aliphatic heterocycles. The molecule has 0 bridgehead atoms. The maximum absolute atomic E-state index is 15.0. The smallest absolute Gasteiger partial charge is 0.240 e. The SMILES string of the molecule is CCN(c1nc(Nc2cc(S(=O)(=O)NCC3CCCO3)ccc2OC)ncc1F)c1cccc2[nH]ncc12. The quantitative estimate of drug-likeness (QED) is 0.274. The number of fused-ring (bicyclic) bond motifs is 1. The molecule has 1 unspecified atom stereocenters. The first kappa shape index (κ1) is 25.8. The molecule has 200 valence electrons. The van der Waals surface area contributed by atoms with Crippen LogP contribution in [-0.2, 0) is 14.8 Å². The Balaban J connectivity index is 1.44. The molecule has 0 amide bonds. The first-order chi connectivity index (χ1) is 18.4. The number of aromatic nitrogens is 4. The Kier molecular flexibility index (Phi) is 7.40. The number of hydrogen-bond donors (Lipinski definition) is 3. The Hall–Kier alpha value is -3.81. The van der Waals surface area contributed by atoms with Gasteiger partial charge in [0.2, 0.25) is 16.0 Å². The fourth-order valence-corrected chi connectivity index (χ4v) is 5.49. The summed E-state index contributed by atoms with van der Waals surface area (Å²) < 4.78 is 54.4. The van der Waals surface area contributed by atoms with Crippen molar-refractivity contribution in [3.63, 3.8) is 0 Å². The second-order valence-electron chi connectivity index (χ2n) is 8.69. The minimum atomic E-state index is -3.81. The summed E-state index contributed by atoms with van der Waals surface area (Å²) in [6, 6.07) is 9.99. The molecule has 1 aliphatic rings. The van der Waals surface area contributed by atoms with E-state index >= 15 is 0 Å². The monoisotopic (exact) mass is 541 g/mol. The maximum atomic E-state index is 15.0. The third-order valence-corrected chi connectivity index (χ3v) is 7.72. The molecule has 5 rings (SSSR count). The van der Waals surface area contributed by atoms with Gasteiger partial charge in [0.25, 0.3) is 0 Å². The van der Waals surface area contributed by atoms with Gasteiger partial charge in [-0.1, -0.05) is 6.07 Å². The molecule has 1 saturated heterocycles. The molecule has 3 N–H and O–H groups in total. The van der Waals surface area contributed by atoms with E-state index < -0.39 is 15.8 Å². The topological polar surface area (TPSA) is 134 Å². The number of halogens is 1. The predicted octanol–water partition coefficient (Wildman–Crippen LogP) is 3.86. The zero-order chi connectivity index (χ0) is 26.7. The van der Waals surface area contributed by atoms with Crippen LogP contribution in [0.25, 0.3) is 10.9 Å². The minimum Gasteiger partial charge on any atom is -0.495 e. The van der Waals surface area contributed by atoms with Crippen molar-refractivity contribution in [2.75, 3.05) is 37.0 Å². The molecule has 0 spiro atoms. The van der Waals surface area contributed by atoms with Crippen molar-refractivity contribution >= 4 is 44.1 Å². The Morgan fingerprint density at radius 1 is 1.26 bits per heavy atom. The molecule has 1 atom stereocenters. The van der Waals surface area contributed by atoms with Crippen LogP contribution in [0.15, 0.2) is 53.7 Å². The van der Waals surface area contributed by atoms with Crippen molar-refractivity contribution in [3.8, 4) is 5.75 Å². The lowest BCUT2D eigenvalue weighted by molar-refractivity contribution is 0.114. The van der Waals surface area contributed by atoms with E-state index in [-0.39, 0.29) is 29.3 Å². The highest BCUT2D eigenvalue weighted by Crippen LogP contribution is 2.34. The molecule has 11 nitrogen and oxygen atoms in total. The zero-order valence-corrected chi connectivity index (χ0v) is 21.8. The normalized spacial score (nSPS) is 15.6. The molecule has 13 heteroatoms. The molecule has 2 aromatic carbocycles. The van der Waals surface area contributed by atoms with Crippen molar-refractivity contribution < 1.29 is 22.3 Å². The summed E-state index contributed by atoms with van der Waals surface area (Å²) in [5.41, 5.74) is 1.85. The van der Waals surface area contributed by atoms with Gasteiger partial charge in [-0.3, -0.25) is 5.10 Å². The molecule has 38 heavy (non-hydrogen) atoms. The summed E-state index contributed by atoms with van der Waals surface area (Å²) in [5.74, 6) is -0.119.